The molecule has 2 heterocycles. The maximum atomic E-state index is 13.7. The van der Waals surface area contributed by atoms with E-state index in [0.29, 0.717) is 45.9 Å². The quantitative estimate of drug-likeness (QED) is 0.0470. The molecule has 1 fully saturated rings. The topological polar surface area (TPSA) is 102 Å². The third-order valence-electron chi connectivity index (χ3n) is 7.70. The van der Waals surface area contributed by atoms with Crippen molar-refractivity contribution in [2.24, 2.45) is 0 Å². The van der Waals surface area contributed by atoms with E-state index in [1.165, 1.54) is 28.0 Å². The van der Waals surface area contributed by atoms with Crippen LogP contribution in [0.15, 0.2) is 113 Å². The Labute approximate surface area is 281 Å². The first-order valence-corrected chi connectivity index (χ1v) is 17.0. The summed E-state index contributed by atoms with van der Waals surface area (Å²) in [6.07, 6.45) is 0.860. The van der Waals surface area contributed by atoms with Gasteiger partial charge in [-0.3, -0.25) is 14.5 Å². The predicted octanol–water partition coefficient (Wildman–Crippen LogP) is 8.13. The van der Waals surface area contributed by atoms with Crippen molar-refractivity contribution in [3.05, 3.63) is 137 Å². The number of nitrogens with zero attached hydrogens (tertiary/aromatic N) is 3. The van der Waals surface area contributed by atoms with Crippen LogP contribution < -0.4 is 14.4 Å². The largest absolute Gasteiger partial charge is 0.507 e. The van der Waals surface area contributed by atoms with E-state index < -0.39 is 17.7 Å². The average Bonchev–Trinajstić information content (AvgIpc) is 3.68. The number of aliphatic hydroxyl groups is 1. The lowest BCUT2D eigenvalue weighted by molar-refractivity contribution is -0.132. The highest BCUT2D eigenvalue weighted by Crippen LogP contribution is 2.44. The fraction of sp³-hybridized carbons (Fsp3) is 0.189. The normalized spacial score (nSPS) is 15.6. The standard InChI is InChI=1S/C37H33N3O5S2/c1-3-21-44-29-17-13-26(14-18-29)32-31(33(41)27-15-19-30(20-16-27)45-22-28-12-8-7-9-24(28)2)34(42)35(43)40(32)36-38-39-37(47-36)46-23-25-10-5-4-6-11-25/h4-20,32,41H,3,21-23H2,1-2H3/b33-31+. The van der Waals surface area contributed by atoms with Crippen molar-refractivity contribution in [1.82, 2.24) is 10.2 Å². The van der Waals surface area contributed by atoms with E-state index in [2.05, 4.69) is 10.2 Å². The third-order valence-corrected chi connectivity index (χ3v) is 9.83. The molecular weight excluding hydrogens is 631 g/mol. The van der Waals surface area contributed by atoms with Crippen LogP contribution in [0.3, 0.4) is 0 Å². The van der Waals surface area contributed by atoms with Gasteiger partial charge in [-0.2, -0.15) is 0 Å². The van der Waals surface area contributed by atoms with Crippen LogP contribution in [0.25, 0.3) is 5.76 Å². The lowest BCUT2D eigenvalue weighted by Gasteiger charge is -2.22. The van der Waals surface area contributed by atoms with E-state index in [1.807, 2.05) is 68.4 Å². The summed E-state index contributed by atoms with van der Waals surface area (Å²) in [7, 11) is 0. The van der Waals surface area contributed by atoms with Crippen molar-refractivity contribution in [1.29, 1.82) is 0 Å². The summed E-state index contributed by atoms with van der Waals surface area (Å²) in [6, 6.07) is 31.1. The Morgan fingerprint density at radius 1 is 0.872 bits per heavy atom. The van der Waals surface area contributed by atoms with E-state index in [1.54, 1.807) is 48.5 Å². The first kappa shape index (κ1) is 32.0. The van der Waals surface area contributed by atoms with Crippen LogP contribution in [0.5, 0.6) is 11.5 Å². The van der Waals surface area contributed by atoms with Crippen LogP contribution in [-0.2, 0) is 21.9 Å². The van der Waals surface area contributed by atoms with E-state index in [-0.39, 0.29) is 16.5 Å². The number of aliphatic hydroxyl groups excluding tert-OH is 1. The minimum atomic E-state index is -0.924. The lowest BCUT2D eigenvalue weighted by Crippen LogP contribution is -2.29. The molecule has 47 heavy (non-hydrogen) atoms. The van der Waals surface area contributed by atoms with Crippen LogP contribution in [0.1, 0.15) is 47.2 Å². The number of ether oxygens (including phenoxy) is 2. The molecule has 1 saturated heterocycles. The van der Waals surface area contributed by atoms with Crippen LogP contribution in [0.2, 0.25) is 0 Å². The number of hydrogen-bond acceptors (Lipinski definition) is 9. The first-order chi connectivity index (χ1) is 22.9. The molecule has 5 aromatic rings. The zero-order valence-electron chi connectivity index (χ0n) is 26.0. The van der Waals surface area contributed by atoms with E-state index in [4.69, 9.17) is 9.47 Å². The highest BCUT2D eigenvalue weighted by atomic mass is 32.2. The number of aromatic nitrogens is 2. The number of carbonyl (C=O) groups excluding carboxylic acids is 2. The number of amides is 1. The molecule has 0 radical (unpaired) electrons. The molecule has 1 aromatic heterocycles. The smallest absolute Gasteiger partial charge is 0.301 e. The van der Waals surface area contributed by atoms with Crippen LogP contribution in [-0.4, -0.2) is 33.6 Å². The van der Waals surface area contributed by atoms with Gasteiger partial charge in [-0.05, 0) is 72.0 Å². The average molecular weight is 664 g/mol. The van der Waals surface area contributed by atoms with Gasteiger partial charge >= 0.3 is 5.91 Å². The van der Waals surface area contributed by atoms with E-state index in [9.17, 15) is 14.7 Å². The van der Waals surface area contributed by atoms with Gasteiger partial charge < -0.3 is 14.6 Å². The number of hydrogen-bond donors (Lipinski definition) is 1. The van der Waals surface area contributed by atoms with Crippen molar-refractivity contribution >= 4 is 45.7 Å². The Bertz CT molecular complexity index is 1890. The van der Waals surface area contributed by atoms with Crippen LogP contribution in [0, 0.1) is 6.92 Å². The molecule has 8 nitrogen and oxygen atoms in total. The number of Topliss-reactive ketones (excluding diaryl/α,β-unsaturated/α-hetero) is 1. The van der Waals surface area contributed by atoms with Gasteiger partial charge in [0.15, 0.2) is 4.34 Å². The summed E-state index contributed by atoms with van der Waals surface area (Å²) < 4.78 is 12.4. The van der Waals surface area contributed by atoms with Gasteiger partial charge in [-0.15, -0.1) is 10.2 Å². The second kappa shape index (κ2) is 14.7. The Morgan fingerprint density at radius 2 is 1.55 bits per heavy atom. The van der Waals surface area contributed by atoms with Crippen molar-refractivity contribution < 1.29 is 24.2 Å². The Kier molecular flexibility index (Phi) is 9.99. The van der Waals surface area contributed by atoms with Crippen molar-refractivity contribution in [3.63, 3.8) is 0 Å². The van der Waals surface area contributed by atoms with Gasteiger partial charge in [0.25, 0.3) is 5.78 Å². The van der Waals surface area contributed by atoms with Gasteiger partial charge in [0, 0.05) is 11.3 Å². The number of thioether (sulfide) groups is 1. The number of carbonyl (C=O) groups is 2. The molecule has 6 rings (SSSR count). The monoisotopic (exact) mass is 663 g/mol. The molecule has 1 N–H and O–H groups in total. The van der Waals surface area contributed by atoms with Gasteiger partial charge in [-0.25, -0.2) is 0 Å². The molecule has 1 aliphatic heterocycles. The number of aryl methyl sites for hydroxylation is 1. The number of rotatable bonds is 12. The Hall–Kier alpha value is -4.93. The predicted molar refractivity (Wildman–Crippen MR) is 185 cm³/mol. The zero-order valence-corrected chi connectivity index (χ0v) is 27.6. The van der Waals surface area contributed by atoms with Crippen molar-refractivity contribution in [2.75, 3.05) is 11.5 Å². The molecular formula is C37H33N3O5S2. The number of benzene rings is 4. The maximum absolute atomic E-state index is 13.7. The number of anilines is 1. The fourth-order valence-electron chi connectivity index (χ4n) is 5.19. The van der Waals surface area contributed by atoms with Gasteiger partial charge in [0.1, 0.15) is 23.9 Å². The number of ketones is 1. The summed E-state index contributed by atoms with van der Waals surface area (Å²) in [5.74, 6) is 0.102. The van der Waals surface area contributed by atoms with E-state index in [0.717, 1.165) is 23.1 Å². The SMILES string of the molecule is CCCOc1ccc(C2/C(=C(\O)c3ccc(OCc4ccccc4C)cc3)C(=O)C(=O)N2c2nnc(SCc3ccccc3)s2)cc1. The van der Waals surface area contributed by atoms with E-state index >= 15 is 0 Å². The van der Waals surface area contributed by atoms with Crippen LogP contribution >= 0.6 is 23.1 Å². The summed E-state index contributed by atoms with van der Waals surface area (Å²) in [5.41, 5.74) is 4.32. The summed E-state index contributed by atoms with van der Waals surface area (Å²) in [5, 5.41) is 20.5. The molecule has 10 heteroatoms. The fourth-order valence-corrected chi connectivity index (χ4v) is 7.01. The highest BCUT2D eigenvalue weighted by molar-refractivity contribution is 8.00. The van der Waals surface area contributed by atoms with Crippen molar-refractivity contribution in [2.45, 2.75) is 43.0 Å². The Balaban J connectivity index is 1.31. The molecule has 0 aliphatic carbocycles. The second-order valence-corrected chi connectivity index (χ2v) is 13.1. The minimum Gasteiger partial charge on any atom is -0.507 e. The molecule has 0 saturated carbocycles. The van der Waals surface area contributed by atoms with Crippen LogP contribution in [0.4, 0.5) is 5.13 Å². The van der Waals surface area contributed by atoms with Gasteiger partial charge in [-0.1, -0.05) is 96.8 Å². The molecule has 1 unspecified atom stereocenters. The summed E-state index contributed by atoms with van der Waals surface area (Å²) in [4.78, 5) is 28.6. The molecule has 238 valence electrons. The molecule has 1 amide bonds. The molecule has 4 aromatic carbocycles. The Morgan fingerprint density at radius 3 is 2.28 bits per heavy atom. The molecule has 1 aliphatic rings. The molecule has 1 atom stereocenters. The third kappa shape index (κ3) is 7.24. The van der Waals surface area contributed by atoms with Gasteiger partial charge in [0.05, 0.1) is 18.2 Å². The van der Waals surface area contributed by atoms with Crippen molar-refractivity contribution in [3.8, 4) is 11.5 Å². The zero-order chi connectivity index (χ0) is 32.8. The maximum Gasteiger partial charge on any atom is 0.301 e. The first-order valence-electron chi connectivity index (χ1n) is 15.2. The summed E-state index contributed by atoms with van der Waals surface area (Å²) in [6.45, 7) is 5.02. The molecule has 0 bridgehead atoms. The summed E-state index contributed by atoms with van der Waals surface area (Å²) >= 11 is 2.73. The van der Waals surface area contributed by atoms with Gasteiger partial charge in [0.2, 0.25) is 5.13 Å². The second-order valence-electron chi connectivity index (χ2n) is 11.0. The molecule has 0 spiro atoms. The highest BCUT2D eigenvalue weighted by Gasteiger charge is 2.48. The lowest BCUT2D eigenvalue weighted by atomic mass is 9.95. The minimum absolute atomic E-state index is 0.0282.